The van der Waals surface area contributed by atoms with Crippen LogP contribution in [0.4, 0.5) is 4.79 Å². The van der Waals surface area contributed by atoms with E-state index < -0.39 is 16.1 Å². The topological polar surface area (TPSA) is 130 Å². The quantitative estimate of drug-likeness (QED) is 0.613. The smallest absolute Gasteiger partial charge is 0.328 e. The van der Waals surface area contributed by atoms with Crippen molar-refractivity contribution in [3.05, 3.63) is 47.3 Å². The number of carbonyl (C=O) groups is 2. The van der Waals surface area contributed by atoms with E-state index in [9.17, 15) is 18.0 Å². The van der Waals surface area contributed by atoms with Gasteiger partial charge in [0.05, 0.1) is 4.90 Å². The molecule has 3 amide bonds. The maximum absolute atomic E-state index is 12.4. The Bertz CT molecular complexity index is 979. The number of aromatic nitrogens is 1. The molecule has 1 saturated carbocycles. The summed E-state index contributed by atoms with van der Waals surface area (Å²) < 4.78 is 31.8. The highest BCUT2D eigenvalue weighted by molar-refractivity contribution is 7.90. The molecule has 0 bridgehead atoms. The van der Waals surface area contributed by atoms with Crippen LogP contribution < -0.4 is 15.4 Å². The van der Waals surface area contributed by atoms with Gasteiger partial charge in [0.15, 0.2) is 5.69 Å². The molecule has 0 atom stereocenters. The van der Waals surface area contributed by atoms with Crippen molar-refractivity contribution in [3.8, 4) is 0 Å². The number of urea groups is 1. The molecule has 0 unspecified atom stereocenters. The zero-order valence-electron chi connectivity index (χ0n) is 16.8. The molecule has 3 rings (SSSR count). The van der Waals surface area contributed by atoms with Gasteiger partial charge < -0.3 is 15.2 Å². The van der Waals surface area contributed by atoms with E-state index in [0.29, 0.717) is 18.7 Å². The van der Waals surface area contributed by atoms with E-state index in [1.807, 2.05) is 0 Å². The molecule has 0 saturated heterocycles. The van der Waals surface area contributed by atoms with Crippen LogP contribution >= 0.6 is 0 Å². The molecule has 1 fully saturated rings. The monoisotopic (exact) mass is 434 g/mol. The van der Waals surface area contributed by atoms with E-state index >= 15 is 0 Å². The average Bonchev–Trinajstić information content (AvgIpc) is 3.15. The molecule has 1 aliphatic carbocycles. The number of nitrogens with zero attached hydrogens (tertiary/aromatic N) is 1. The summed E-state index contributed by atoms with van der Waals surface area (Å²) in [6, 6.07) is 7.05. The third-order valence-electron chi connectivity index (χ3n) is 4.96. The summed E-state index contributed by atoms with van der Waals surface area (Å²) in [5, 5.41) is 9.10. The molecular formula is C20H26N4O5S. The maximum Gasteiger partial charge on any atom is 0.328 e. The van der Waals surface area contributed by atoms with Gasteiger partial charge in [0.1, 0.15) is 5.76 Å². The fraction of sp³-hybridized carbons (Fsp3) is 0.450. The van der Waals surface area contributed by atoms with Crippen LogP contribution in [0.25, 0.3) is 0 Å². The molecule has 10 heteroatoms. The van der Waals surface area contributed by atoms with Crippen molar-refractivity contribution in [1.29, 1.82) is 0 Å². The highest BCUT2D eigenvalue weighted by atomic mass is 32.2. The van der Waals surface area contributed by atoms with Crippen molar-refractivity contribution < 1.29 is 22.5 Å². The zero-order valence-corrected chi connectivity index (χ0v) is 17.6. The van der Waals surface area contributed by atoms with Crippen LogP contribution in [0.15, 0.2) is 39.8 Å². The van der Waals surface area contributed by atoms with E-state index in [4.69, 9.17) is 4.52 Å². The fourth-order valence-corrected chi connectivity index (χ4v) is 4.28. The highest BCUT2D eigenvalue weighted by Gasteiger charge is 2.21. The Balaban J connectivity index is 1.48. The number of hydrogen-bond donors (Lipinski definition) is 3. The molecule has 30 heavy (non-hydrogen) atoms. The second kappa shape index (κ2) is 9.75. The van der Waals surface area contributed by atoms with Crippen molar-refractivity contribution in [2.75, 3.05) is 6.54 Å². The first-order valence-corrected chi connectivity index (χ1v) is 11.5. The second-order valence-electron chi connectivity index (χ2n) is 7.39. The number of nitrogens with one attached hydrogen (secondary N) is 3. The Labute approximate surface area is 175 Å². The van der Waals surface area contributed by atoms with Gasteiger partial charge in [-0.25, -0.2) is 17.9 Å². The Morgan fingerprint density at radius 2 is 1.83 bits per heavy atom. The number of hydrogen-bond acceptors (Lipinski definition) is 6. The van der Waals surface area contributed by atoms with E-state index in [0.717, 1.165) is 37.7 Å². The fourth-order valence-electron chi connectivity index (χ4n) is 3.36. The van der Waals surface area contributed by atoms with Gasteiger partial charge in [-0.15, -0.1) is 0 Å². The van der Waals surface area contributed by atoms with Crippen molar-refractivity contribution in [1.82, 2.24) is 20.5 Å². The van der Waals surface area contributed by atoms with Crippen LogP contribution in [0, 0.1) is 6.92 Å². The predicted molar refractivity (Wildman–Crippen MR) is 109 cm³/mol. The lowest BCUT2D eigenvalue weighted by Crippen LogP contribution is -2.45. The predicted octanol–water partition coefficient (Wildman–Crippen LogP) is 2.28. The van der Waals surface area contributed by atoms with Crippen LogP contribution in [0.1, 0.15) is 53.9 Å². The minimum atomic E-state index is -3.95. The molecule has 2 aromatic rings. The van der Waals surface area contributed by atoms with E-state index in [1.54, 1.807) is 25.1 Å². The normalized spacial score (nSPS) is 14.8. The first-order chi connectivity index (χ1) is 14.3. The Kier molecular flexibility index (Phi) is 7.09. The molecule has 0 radical (unpaired) electrons. The summed E-state index contributed by atoms with van der Waals surface area (Å²) in [6.07, 6.45) is 5.48. The number of sulfonamides is 1. The number of aryl methyl sites for hydroxylation is 1. The highest BCUT2D eigenvalue weighted by Crippen LogP contribution is 2.17. The van der Waals surface area contributed by atoms with Crippen molar-refractivity contribution in [2.45, 2.75) is 56.4 Å². The Morgan fingerprint density at radius 1 is 1.13 bits per heavy atom. The van der Waals surface area contributed by atoms with Crippen LogP contribution in [-0.2, 0) is 16.4 Å². The molecule has 0 spiro atoms. The molecule has 0 aliphatic heterocycles. The van der Waals surface area contributed by atoms with Crippen molar-refractivity contribution in [2.24, 2.45) is 0 Å². The van der Waals surface area contributed by atoms with Gasteiger partial charge in [0, 0.05) is 18.7 Å². The SMILES string of the molecule is Cc1cc(C(=O)NCCc2ccc(S(=O)(=O)NC(=O)NC3CCCCC3)cc2)no1. The summed E-state index contributed by atoms with van der Waals surface area (Å²) >= 11 is 0. The first kappa shape index (κ1) is 21.8. The summed E-state index contributed by atoms with van der Waals surface area (Å²) in [6.45, 7) is 2.06. The number of rotatable bonds is 7. The molecular weight excluding hydrogens is 408 g/mol. The summed E-state index contributed by atoms with van der Waals surface area (Å²) in [7, 11) is -3.95. The van der Waals surface area contributed by atoms with Gasteiger partial charge in [-0.05, 0) is 43.9 Å². The van der Waals surface area contributed by atoms with Crippen LogP contribution in [0.3, 0.4) is 0 Å². The molecule has 9 nitrogen and oxygen atoms in total. The van der Waals surface area contributed by atoms with Crippen LogP contribution in [0.5, 0.6) is 0 Å². The molecule has 1 heterocycles. The van der Waals surface area contributed by atoms with E-state index in [1.165, 1.54) is 12.1 Å². The van der Waals surface area contributed by atoms with Crippen molar-refractivity contribution in [3.63, 3.8) is 0 Å². The lowest BCUT2D eigenvalue weighted by molar-refractivity contribution is 0.0945. The molecule has 1 aromatic heterocycles. The van der Waals surface area contributed by atoms with Gasteiger partial charge in [-0.2, -0.15) is 0 Å². The summed E-state index contributed by atoms with van der Waals surface area (Å²) in [4.78, 5) is 24.0. The van der Waals surface area contributed by atoms with Crippen LogP contribution in [0.2, 0.25) is 0 Å². The van der Waals surface area contributed by atoms with Gasteiger partial charge in [-0.1, -0.05) is 36.6 Å². The number of carbonyl (C=O) groups excluding carboxylic acids is 2. The Morgan fingerprint density at radius 3 is 2.47 bits per heavy atom. The van der Waals surface area contributed by atoms with E-state index in [-0.39, 0.29) is 22.5 Å². The molecule has 1 aliphatic rings. The van der Waals surface area contributed by atoms with Crippen LogP contribution in [-0.4, -0.2) is 38.1 Å². The van der Waals surface area contributed by atoms with Crippen molar-refractivity contribution >= 4 is 22.0 Å². The van der Waals surface area contributed by atoms with Gasteiger partial charge in [0.25, 0.3) is 15.9 Å². The zero-order chi connectivity index (χ0) is 21.6. The average molecular weight is 435 g/mol. The maximum atomic E-state index is 12.4. The number of amides is 3. The van der Waals surface area contributed by atoms with Gasteiger partial charge in [0.2, 0.25) is 0 Å². The summed E-state index contributed by atoms with van der Waals surface area (Å²) in [5.41, 5.74) is 1.06. The molecule has 3 N–H and O–H groups in total. The lowest BCUT2D eigenvalue weighted by atomic mass is 9.96. The van der Waals surface area contributed by atoms with Gasteiger partial charge >= 0.3 is 6.03 Å². The first-order valence-electron chi connectivity index (χ1n) is 9.97. The Hall–Kier alpha value is -2.88. The third kappa shape index (κ3) is 6.06. The lowest BCUT2D eigenvalue weighted by Gasteiger charge is -2.22. The molecule has 1 aromatic carbocycles. The third-order valence-corrected chi connectivity index (χ3v) is 6.31. The molecule has 162 valence electrons. The standard InChI is InChI=1S/C20H26N4O5S/c1-14-13-18(23-29-14)19(25)21-12-11-15-7-9-17(10-8-15)30(27,28)24-20(26)22-16-5-3-2-4-6-16/h7-10,13,16H,2-6,11-12H2,1H3,(H,21,25)(H2,22,24,26). The second-order valence-corrected chi connectivity index (χ2v) is 9.07. The summed E-state index contributed by atoms with van der Waals surface area (Å²) in [5.74, 6) is 0.220. The number of benzene rings is 1. The van der Waals surface area contributed by atoms with E-state index in [2.05, 4.69) is 20.5 Å². The largest absolute Gasteiger partial charge is 0.361 e. The minimum Gasteiger partial charge on any atom is -0.361 e. The van der Waals surface area contributed by atoms with Gasteiger partial charge in [-0.3, -0.25) is 4.79 Å². The minimum absolute atomic E-state index is 0.00662.